The van der Waals surface area contributed by atoms with Gasteiger partial charge in [-0.2, -0.15) is 5.10 Å². The highest BCUT2D eigenvalue weighted by Crippen LogP contribution is 2.25. The fraction of sp³-hybridized carbons (Fsp3) is 0.160. The third-order valence-corrected chi connectivity index (χ3v) is 7.01. The topological polar surface area (TPSA) is 86.9 Å². The average Bonchev–Trinajstić information content (AvgIpc) is 3.17. The largest absolute Gasteiger partial charge is 0.447 e. The molecule has 0 unspecified atom stereocenters. The Morgan fingerprint density at radius 1 is 1.09 bits per heavy atom. The van der Waals surface area contributed by atoms with Crippen molar-refractivity contribution in [3.05, 3.63) is 91.3 Å². The number of carbonyl (C=O) groups is 2. The van der Waals surface area contributed by atoms with Gasteiger partial charge in [-0.25, -0.2) is 5.43 Å². The quantitative estimate of drug-likeness (QED) is 0.168. The first-order chi connectivity index (χ1) is 16.8. The van der Waals surface area contributed by atoms with Gasteiger partial charge in [-0.15, -0.1) is 0 Å². The molecule has 3 aromatic rings. The van der Waals surface area contributed by atoms with Crippen molar-refractivity contribution in [3.8, 4) is 0 Å². The zero-order valence-electron chi connectivity index (χ0n) is 19.0. The monoisotopic (exact) mass is 620 g/mol. The Bertz CT molecular complexity index is 1230. The van der Waals surface area contributed by atoms with E-state index in [1.54, 1.807) is 36.4 Å². The van der Waals surface area contributed by atoms with Gasteiger partial charge in [-0.05, 0) is 81.6 Å². The van der Waals surface area contributed by atoms with Crippen molar-refractivity contribution in [2.45, 2.75) is 13.8 Å². The van der Waals surface area contributed by atoms with Crippen LogP contribution in [0.4, 0.5) is 5.69 Å². The first-order valence-corrected chi connectivity index (χ1v) is 12.7. The number of nitrogens with one attached hydrogen (secondary N) is 2. The number of benzene rings is 2. The number of halogens is 3. The van der Waals surface area contributed by atoms with Gasteiger partial charge in [0.1, 0.15) is 11.5 Å². The van der Waals surface area contributed by atoms with Crippen molar-refractivity contribution in [1.29, 1.82) is 0 Å². The van der Waals surface area contributed by atoms with Crippen LogP contribution in [0.2, 0.25) is 5.02 Å². The number of anilines is 1. The van der Waals surface area contributed by atoms with E-state index in [1.807, 2.05) is 24.3 Å². The first kappa shape index (κ1) is 26.7. The molecule has 7 nitrogen and oxygen atoms in total. The van der Waals surface area contributed by atoms with Gasteiger partial charge in [-0.3, -0.25) is 9.59 Å². The van der Waals surface area contributed by atoms with E-state index in [1.165, 1.54) is 6.21 Å². The van der Waals surface area contributed by atoms with Crippen molar-refractivity contribution >= 4 is 73.3 Å². The molecule has 0 aliphatic carbocycles. The predicted molar refractivity (Wildman–Crippen MR) is 147 cm³/mol. The zero-order valence-corrected chi connectivity index (χ0v) is 22.9. The molecule has 0 spiro atoms. The van der Waals surface area contributed by atoms with Gasteiger partial charge in [0.15, 0.2) is 4.67 Å². The Kier molecular flexibility index (Phi) is 9.71. The van der Waals surface area contributed by atoms with E-state index in [0.717, 1.165) is 24.3 Å². The van der Waals surface area contributed by atoms with Gasteiger partial charge < -0.3 is 14.6 Å². The van der Waals surface area contributed by atoms with Crippen LogP contribution in [0.15, 0.2) is 79.0 Å². The standard InChI is InChI=1S/C25H23Br2ClN4O3/c1-3-32(4-2)17-11-9-16(10-12-17)13-22(30-24(33)19-7-5-6-8-21(19)28)25(34)31-29-15-18-14-20(26)23(27)35-18/h5-15H,3-4H2,1-2H3,(H,30,33)(H,31,34)/b22-13+,29-15+. The third kappa shape index (κ3) is 7.30. The summed E-state index contributed by atoms with van der Waals surface area (Å²) in [5.74, 6) is -0.708. The van der Waals surface area contributed by atoms with Gasteiger partial charge >= 0.3 is 0 Å². The fourth-order valence-corrected chi connectivity index (χ4v) is 4.00. The molecule has 0 saturated carbocycles. The molecule has 0 aliphatic heterocycles. The number of amides is 2. The van der Waals surface area contributed by atoms with Crippen molar-refractivity contribution in [2.75, 3.05) is 18.0 Å². The Morgan fingerprint density at radius 3 is 2.37 bits per heavy atom. The number of rotatable bonds is 9. The molecule has 1 aromatic heterocycles. The Morgan fingerprint density at radius 2 is 1.77 bits per heavy atom. The first-order valence-electron chi connectivity index (χ1n) is 10.7. The second kappa shape index (κ2) is 12.7. The summed E-state index contributed by atoms with van der Waals surface area (Å²) in [6.07, 6.45) is 2.92. The minimum absolute atomic E-state index is 0.00413. The van der Waals surface area contributed by atoms with Crippen LogP contribution in [0, 0.1) is 0 Å². The molecule has 0 fully saturated rings. The fourth-order valence-electron chi connectivity index (χ4n) is 3.17. The van der Waals surface area contributed by atoms with E-state index in [0.29, 0.717) is 14.9 Å². The van der Waals surface area contributed by atoms with E-state index >= 15 is 0 Å². The van der Waals surface area contributed by atoms with E-state index in [2.05, 4.69) is 66.5 Å². The van der Waals surface area contributed by atoms with Crippen LogP contribution < -0.4 is 15.6 Å². The van der Waals surface area contributed by atoms with Gasteiger partial charge in [0.2, 0.25) is 0 Å². The number of hydrogen-bond acceptors (Lipinski definition) is 5. The summed E-state index contributed by atoms with van der Waals surface area (Å²) in [5, 5.41) is 6.86. The molecule has 0 aliphatic rings. The van der Waals surface area contributed by atoms with E-state index in [-0.39, 0.29) is 16.3 Å². The Balaban J connectivity index is 1.85. The lowest BCUT2D eigenvalue weighted by Crippen LogP contribution is -2.33. The minimum atomic E-state index is -0.612. The number of nitrogens with zero attached hydrogens (tertiary/aromatic N) is 2. The molecule has 10 heteroatoms. The van der Waals surface area contributed by atoms with Crippen LogP contribution in [0.5, 0.6) is 0 Å². The zero-order chi connectivity index (χ0) is 25.4. The summed E-state index contributed by atoms with van der Waals surface area (Å²) in [7, 11) is 0. The molecule has 0 bridgehead atoms. The summed E-state index contributed by atoms with van der Waals surface area (Å²) in [6, 6.07) is 16.0. The van der Waals surface area contributed by atoms with E-state index in [9.17, 15) is 9.59 Å². The normalized spacial score (nSPS) is 11.5. The van der Waals surface area contributed by atoms with Crippen LogP contribution in [0.1, 0.15) is 35.5 Å². The molecule has 0 radical (unpaired) electrons. The Labute approximate surface area is 225 Å². The number of furan rings is 1. The second-order valence-electron chi connectivity index (χ2n) is 7.23. The molecular weight excluding hydrogens is 600 g/mol. The molecule has 0 atom stereocenters. The van der Waals surface area contributed by atoms with Crippen LogP contribution >= 0.6 is 43.5 Å². The summed E-state index contributed by atoms with van der Waals surface area (Å²) >= 11 is 12.7. The lowest BCUT2D eigenvalue weighted by Gasteiger charge is -2.21. The van der Waals surface area contributed by atoms with Crippen molar-refractivity contribution < 1.29 is 14.0 Å². The number of hydrogen-bond donors (Lipinski definition) is 2. The highest BCUT2D eigenvalue weighted by molar-refractivity contribution is 9.13. The average molecular weight is 623 g/mol. The van der Waals surface area contributed by atoms with Gasteiger partial charge in [0.05, 0.1) is 21.3 Å². The molecule has 35 heavy (non-hydrogen) atoms. The number of carbonyl (C=O) groups excluding carboxylic acids is 2. The maximum atomic E-state index is 12.9. The van der Waals surface area contributed by atoms with E-state index in [4.69, 9.17) is 16.0 Å². The maximum absolute atomic E-state index is 12.9. The van der Waals surface area contributed by atoms with Gasteiger partial charge in [-0.1, -0.05) is 35.9 Å². The predicted octanol–water partition coefficient (Wildman–Crippen LogP) is 6.23. The number of hydrazone groups is 1. The molecule has 2 amide bonds. The Hall–Kier alpha value is -2.88. The summed E-state index contributed by atoms with van der Waals surface area (Å²) in [4.78, 5) is 28.0. The second-order valence-corrected chi connectivity index (χ2v) is 9.21. The summed E-state index contributed by atoms with van der Waals surface area (Å²) < 4.78 is 6.62. The molecule has 2 N–H and O–H groups in total. The van der Waals surface area contributed by atoms with Gasteiger partial charge in [0.25, 0.3) is 11.8 Å². The van der Waals surface area contributed by atoms with Crippen LogP contribution in [-0.2, 0) is 4.79 Å². The van der Waals surface area contributed by atoms with Crippen LogP contribution in [0.3, 0.4) is 0 Å². The van der Waals surface area contributed by atoms with Crippen LogP contribution in [-0.4, -0.2) is 31.1 Å². The van der Waals surface area contributed by atoms with Crippen molar-refractivity contribution in [3.63, 3.8) is 0 Å². The highest BCUT2D eigenvalue weighted by Gasteiger charge is 2.16. The third-order valence-electron chi connectivity index (χ3n) is 4.97. The van der Waals surface area contributed by atoms with Crippen molar-refractivity contribution in [2.24, 2.45) is 5.10 Å². The molecule has 2 aromatic carbocycles. The highest BCUT2D eigenvalue weighted by atomic mass is 79.9. The summed E-state index contributed by atoms with van der Waals surface area (Å²) in [6.45, 7) is 5.94. The molecule has 1 heterocycles. The van der Waals surface area contributed by atoms with Crippen LogP contribution in [0.25, 0.3) is 6.08 Å². The molecular formula is C25H23Br2ClN4O3. The van der Waals surface area contributed by atoms with Crippen molar-refractivity contribution in [1.82, 2.24) is 10.7 Å². The lowest BCUT2D eigenvalue weighted by molar-refractivity contribution is -0.117. The summed E-state index contributed by atoms with van der Waals surface area (Å²) in [5.41, 5.74) is 4.47. The molecule has 182 valence electrons. The van der Waals surface area contributed by atoms with Gasteiger partial charge in [0, 0.05) is 24.8 Å². The van der Waals surface area contributed by atoms with E-state index < -0.39 is 11.8 Å². The smallest absolute Gasteiger partial charge is 0.287 e. The minimum Gasteiger partial charge on any atom is -0.447 e. The lowest BCUT2D eigenvalue weighted by atomic mass is 10.1. The maximum Gasteiger partial charge on any atom is 0.287 e. The SMILES string of the molecule is CCN(CC)c1ccc(/C=C(/NC(=O)c2ccccc2Cl)C(=O)N/N=C/c2cc(Br)c(Br)o2)cc1. The molecule has 3 rings (SSSR count). The molecule has 0 saturated heterocycles.